The summed E-state index contributed by atoms with van der Waals surface area (Å²) in [6, 6.07) is 7.43. The Morgan fingerprint density at radius 2 is 1.96 bits per heavy atom. The van der Waals surface area contributed by atoms with Crippen molar-refractivity contribution in [2.45, 2.75) is 4.90 Å². The van der Waals surface area contributed by atoms with Crippen LogP contribution in [0.1, 0.15) is 0 Å². The van der Waals surface area contributed by atoms with Crippen molar-refractivity contribution in [2.75, 3.05) is 4.72 Å². The molecule has 0 aliphatic rings. The minimum atomic E-state index is -3.88. The first-order valence-corrected chi connectivity index (χ1v) is 9.68. The first-order chi connectivity index (χ1) is 12.5. The van der Waals surface area contributed by atoms with E-state index in [0.717, 1.165) is 16.4 Å². The second-order valence-corrected chi connectivity index (χ2v) is 7.81. The maximum Gasteiger partial charge on any atom is 0.264 e. The van der Waals surface area contributed by atoms with Crippen LogP contribution in [-0.4, -0.2) is 28.4 Å². The van der Waals surface area contributed by atoms with Crippen LogP contribution in [0.5, 0.6) is 0 Å². The molecule has 0 radical (unpaired) electrons. The van der Waals surface area contributed by atoms with Gasteiger partial charge in [-0.2, -0.15) is 0 Å². The number of hydrogen-bond acceptors (Lipinski definition) is 7. The molecule has 4 rings (SSSR count). The van der Waals surface area contributed by atoms with E-state index in [-0.39, 0.29) is 10.8 Å². The molecule has 0 fully saturated rings. The lowest BCUT2D eigenvalue weighted by atomic mass is 10.2. The van der Waals surface area contributed by atoms with E-state index in [9.17, 15) is 12.8 Å². The topological polar surface area (TPSA) is 97.7 Å². The predicted molar refractivity (Wildman–Crippen MR) is 95.6 cm³/mol. The Labute approximate surface area is 151 Å². The van der Waals surface area contributed by atoms with Crippen LogP contribution in [0.3, 0.4) is 0 Å². The van der Waals surface area contributed by atoms with Crippen molar-refractivity contribution < 1.29 is 12.8 Å². The second kappa shape index (κ2) is 6.39. The number of thiazole rings is 1. The van der Waals surface area contributed by atoms with Crippen molar-refractivity contribution in [2.24, 2.45) is 0 Å². The zero-order valence-electron chi connectivity index (χ0n) is 13.0. The SMILES string of the molecule is O=S(=O)(Nc1nccc(-c2cncc(F)c2)n1)c1ccc2ncsc2c1. The Balaban J connectivity index is 1.66. The third kappa shape index (κ3) is 3.24. The van der Waals surface area contributed by atoms with Crippen molar-refractivity contribution >= 4 is 37.5 Å². The van der Waals surface area contributed by atoms with Crippen LogP contribution in [0.2, 0.25) is 0 Å². The van der Waals surface area contributed by atoms with E-state index < -0.39 is 15.8 Å². The average molecular weight is 387 g/mol. The molecule has 3 aromatic heterocycles. The standard InChI is InChI=1S/C16H10FN5O2S2/c17-11-5-10(7-18-8-11)13-3-4-19-16(21-13)22-26(23,24)12-1-2-14-15(6-12)25-9-20-14/h1-9H,(H,19,21,22). The van der Waals surface area contributed by atoms with Gasteiger partial charge in [0.15, 0.2) is 0 Å². The van der Waals surface area contributed by atoms with Gasteiger partial charge in [-0.3, -0.25) is 4.98 Å². The zero-order valence-corrected chi connectivity index (χ0v) is 14.6. The molecule has 0 saturated heterocycles. The number of nitrogens with zero attached hydrogens (tertiary/aromatic N) is 4. The molecule has 0 unspecified atom stereocenters. The number of sulfonamides is 1. The first-order valence-electron chi connectivity index (χ1n) is 7.31. The quantitative estimate of drug-likeness (QED) is 0.578. The third-order valence-corrected chi connectivity index (χ3v) is 5.61. The summed E-state index contributed by atoms with van der Waals surface area (Å²) in [5, 5.41) is 0. The summed E-state index contributed by atoms with van der Waals surface area (Å²) < 4.78 is 41.6. The lowest BCUT2D eigenvalue weighted by Crippen LogP contribution is -2.15. The Morgan fingerprint density at radius 1 is 1.08 bits per heavy atom. The Kier molecular flexibility index (Phi) is 4.05. The maximum absolute atomic E-state index is 13.3. The minimum absolute atomic E-state index is 0.0793. The largest absolute Gasteiger partial charge is 0.264 e. The molecule has 0 amide bonds. The molecular weight excluding hydrogens is 377 g/mol. The first kappa shape index (κ1) is 16.5. The van der Waals surface area contributed by atoms with E-state index in [4.69, 9.17) is 0 Å². The van der Waals surface area contributed by atoms with E-state index in [1.807, 2.05) is 0 Å². The molecule has 4 aromatic rings. The molecule has 0 saturated carbocycles. The molecule has 10 heteroatoms. The van der Waals surface area contributed by atoms with Gasteiger partial charge in [-0.1, -0.05) is 0 Å². The highest BCUT2D eigenvalue weighted by molar-refractivity contribution is 7.92. The van der Waals surface area contributed by atoms with Crippen LogP contribution in [0.4, 0.5) is 10.3 Å². The smallest absolute Gasteiger partial charge is 0.261 e. The van der Waals surface area contributed by atoms with Gasteiger partial charge >= 0.3 is 0 Å². The van der Waals surface area contributed by atoms with E-state index in [2.05, 4.69) is 24.7 Å². The van der Waals surface area contributed by atoms with Gasteiger partial charge in [0, 0.05) is 18.0 Å². The highest BCUT2D eigenvalue weighted by Crippen LogP contribution is 2.23. The molecule has 0 bridgehead atoms. The lowest BCUT2D eigenvalue weighted by molar-refractivity contribution is 0.601. The maximum atomic E-state index is 13.3. The molecule has 26 heavy (non-hydrogen) atoms. The summed E-state index contributed by atoms with van der Waals surface area (Å²) in [6.45, 7) is 0. The van der Waals surface area contributed by atoms with Crippen LogP contribution in [0.15, 0.2) is 59.3 Å². The van der Waals surface area contributed by atoms with Crippen molar-refractivity contribution in [3.63, 3.8) is 0 Å². The number of fused-ring (bicyclic) bond motifs is 1. The fourth-order valence-electron chi connectivity index (χ4n) is 2.30. The zero-order chi connectivity index (χ0) is 18.1. The molecule has 130 valence electrons. The summed E-state index contributed by atoms with van der Waals surface area (Å²) in [7, 11) is -3.88. The third-order valence-electron chi connectivity index (χ3n) is 3.49. The molecule has 1 N–H and O–H groups in total. The molecule has 7 nitrogen and oxygen atoms in total. The highest BCUT2D eigenvalue weighted by Gasteiger charge is 2.17. The van der Waals surface area contributed by atoms with Gasteiger partial charge in [-0.15, -0.1) is 11.3 Å². The normalized spacial score (nSPS) is 11.6. The van der Waals surface area contributed by atoms with Gasteiger partial charge in [-0.05, 0) is 30.3 Å². The summed E-state index contributed by atoms with van der Waals surface area (Å²) in [5.41, 5.74) is 3.14. The summed E-state index contributed by atoms with van der Waals surface area (Å²) >= 11 is 1.35. The van der Waals surface area contributed by atoms with E-state index in [1.54, 1.807) is 11.6 Å². The van der Waals surface area contributed by atoms with Gasteiger partial charge in [0.05, 0.1) is 32.5 Å². The molecule has 0 aliphatic carbocycles. The van der Waals surface area contributed by atoms with E-state index in [1.165, 1.54) is 48.0 Å². The van der Waals surface area contributed by atoms with Crippen LogP contribution < -0.4 is 4.72 Å². The minimum Gasteiger partial charge on any atom is -0.261 e. The Hall–Kier alpha value is -2.98. The molecule has 0 aliphatic heterocycles. The number of hydrogen-bond donors (Lipinski definition) is 1. The Bertz CT molecular complexity index is 1210. The predicted octanol–water partition coefficient (Wildman–Crippen LogP) is 3.09. The van der Waals surface area contributed by atoms with Gasteiger partial charge < -0.3 is 0 Å². The summed E-state index contributed by atoms with van der Waals surface area (Å²) in [5.74, 6) is -0.628. The van der Waals surface area contributed by atoms with Gasteiger partial charge in [0.1, 0.15) is 5.82 Å². The van der Waals surface area contributed by atoms with Gasteiger partial charge in [0.25, 0.3) is 10.0 Å². The summed E-state index contributed by atoms with van der Waals surface area (Å²) in [4.78, 5) is 16.0. The van der Waals surface area contributed by atoms with Crippen molar-refractivity contribution in [3.05, 3.63) is 60.3 Å². The monoisotopic (exact) mass is 387 g/mol. The van der Waals surface area contributed by atoms with Crippen LogP contribution >= 0.6 is 11.3 Å². The van der Waals surface area contributed by atoms with Crippen LogP contribution in [-0.2, 0) is 10.0 Å². The number of aromatic nitrogens is 4. The highest BCUT2D eigenvalue weighted by atomic mass is 32.2. The lowest BCUT2D eigenvalue weighted by Gasteiger charge is -2.08. The van der Waals surface area contributed by atoms with Crippen LogP contribution in [0.25, 0.3) is 21.5 Å². The van der Waals surface area contributed by atoms with Gasteiger partial charge in [-0.25, -0.2) is 32.5 Å². The number of halogens is 1. The summed E-state index contributed by atoms with van der Waals surface area (Å²) in [6.07, 6.45) is 3.89. The van der Waals surface area contributed by atoms with Gasteiger partial charge in [0.2, 0.25) is 5.95 Å². The number of benzene rings is 1. The molecule has 1 aromatic carbocycles. The average Bonchev–Trinajstić information content (AvgIpc) is 3.09. The molecule has 0 spiro atoms. The fourth-order valence-corrected chi connectivity index (χ4v) is 4.07. The number of nitrogens with one attached hydrogen (secondary N) is 1. The fraction of sp³-hybridized carbons (Fsp3) is 0. The second-order valence-electron chi connectivity index (χ2n) is 5.24. The van der Waals surface area contributed by atoms with Crippen LogP contribution in [0, 0.1) is 5.82 Å². The number of rotatable bonds is 4. The molecular formula is C16H10FN5O2S2. The Morgan fingerprint density at radius 3 is 2.81 bits per heavy atom. The number of pyridine rings is 1. The van der Waals surface area contributed by atoms with Crippen molar-refractivity contribution in [1.82, 2.24) is 19.9 Å². The van der Waals surface area contributed by atoms with Crippen molar-refractivity contribution in [1.29, 1.82) is 0 Å². The van der Waals surface area contributed by atoms with E-state index >= 15 is 0 Å². The number of anilines is 1. The van der Waals surface area contributed by atoms with E-state index in [0.29, 0.717) is 11.3 Å². The molecule has 0 atom stereocenters. The van der Waals surface area contributed by atoms with Crippen molar-refractivity contribution in [3.8, 4) is 11.3 Å². The molecule has 3 heterocycles.